The van der Waals surface area contributed by atoms with Gasteiger partial charge in [-0.25, -0.2) is 8.78 Å². The summed E-state index contributed by atoms with van der Waals surface area (Å²) >= 11 is 0. The number of nitrogens with two attached hydrogens (primary N) is 2. The molecule has 0 aliphatic rings. The Morgan fingerprint density at radius 3 is 0.842 bits per heavy atom. The third kappa shape index (κ3) is 4.00. The summed E-state index contributed by atoms with van der Waals surface area (Å²) in [5, 5.41) is 0. The fourth-order valence-corrected chi connectivity index (χ4v) is 4.06. The average Bonchev–Trinajstić information content (AvgIpc) is 2.82. The Bertz CT molecular complexity index is 1220. The van der Waals surface area contributed by atoms with Crippen LogP contribution in [-0.2, 0) is 11.3 Å². The van der Waals surface area contributed by atoms with Crippen LogP contribution in [0.15, 0.2) is 72.8 Å². The summed E-state index contributed by atoms with van der Waals surface area (Å²) in [6.07, 6.45) is -13.5. The number of hydrogen-bond donors (Lipinski definition) is 2. The molecule has 0 spiro atoms. The third-order valence-electron chi connectivity index (χ3n) is 5.91. The van der Waals surface area contributed by atoms with Crippen molar-refractivity contribution < 1.29 is 52.7 Å². The van der Waals surface area contributed by atoms with Crippen LogP contribution >= 0.6 is 0 Å². The number of alkyl halides is 12. The van der Waals surface area contributed by atoms with Crippen LogP contribution in [0.1, 0.15) is 22.3 Å². The van der Waals surface area contributed by atoms with E-state index in [-0.39, 0.29) is 12.1 Å². The predicted molar refractivity (Wildman–Crippen MR) is 114 cm³/mol. The van der Waals surface area contributed by atoms with Gasteiger partial charge in [0, 0.05) is 33.6 Å². The Morgan fingerprint density at radius 1 is 0.368 bits per heavy atom. The molecule has 0 aliphatic carbocycles. The number of anilines is 2. The first-order valence-corrected chi connectivity index (χ1v) is 10.3. The molecule has 38 heavy (non-hydrogen) atoms. The van der Waals surface area contributed by atoms with E-state index in [2.05, 4.69) is 0 Å². The average molecular weight is 560 g/mol. The van der Waals surface area contributed by atoms with E-state index in [1.807, 2.05) is 0 Å². The van der Waals surface area contributed by atoms with Gasteiger partial charge < -0.3 is 11.5 Å². The van der Waals surface area contributed by atoms with Gasteiger partial charge in [0.1, 0.15) is 0 Å². The lowest BCUT2D eigenvalue weighted by molar-refractivity contribution is -0.327. The number of rotatable bonds is 6. The van der Waals surface area contributed by atoms with Gasteiger partial charge in [0.2, 0.25) is 11.3 Å². The quantitative estimate of drug-likeness (QED) is 0.240. The second-order valence-electron chi connectivity index (χ2n) is 8.18. The SMILES string of the molecule is Nc1ccccc1C(F)(c1ccccc1C(F)(c1ccccc1N)C(F)(F)C(F)(F)F)C(F)(F)C(F)(F)F. The molecule has 0 amide bonds. The van der Waals surface area contributed by atoms with E-state index in [0.717, 1.165) is 24.3 Å². The molecule has 3 aromatic carbocycles. The van der Waals surface area contributed by atoms with Crippen molar-refractivity contribution in [2.75, 3.05) is 11.5 Å². The first kappa shape index (κ1) is 29.0. The maximum atomic E-state index is 16.6. The second-order valence-corrected chi connectivity index (χ2v) is 8.18. The first-order chi connectivity index (χ1) is 17.3. The van der Waals surface area contributed by atoms with Crippen LogP contribution in [0.5, 0.6) is 0 Å². The summed E-state index contributed by atoms with van der Waals surface area (Å²) < 4.78 is 175. The van der Waals surface area contributed by atoms with E-state index in [0.29, 0.717) is 36.4 Å². The lowest BCUT2D eigenvalue weighted by Gasteiger charge is -2.41. The molecular weight excluding hydrogens is 544 g/mol. The number of benzene rings is 3. The zero-order valence-corrected chi connectivity index (χ0v) is 18.6. The van der Waals surface area contributed by atoms with Crippen LogP contribution in [0, 0.1) is 0 Å². The van der Waals surface area contributed by atoms with Crippen LogP contribution in [0.25, 0.3) is 0 Å². The zero-order valence-electron chi connectivity index (χ0n) is 18.6. The van der Waals surface area contributed by atoms with Crippen molar-refractivity contribution in [3.8, 4) is 0 Å². The first-order valence-electron chi connectivity index (χ1n) is 10.3. The molecule has 2 unspecified atom stereocenters. The molecule has 2 atom stereocenters. The van der Waals surface area contributed by atoms with Crippen LogP contribution < -0.4 is 11.5 Å². The molecule has 206 valence electrons. The van der Waals surface area contributed by atoms with Crippen molar-refractivity contribution in [1.29, 1.82) is 0 Å². The highest BCUT2D eigenvalue weighted by molar-refractivity contribution is 5.61. The van der Waals surface area contributed by atoms with Gasteiger partial charge in [-0.3, -0.25) is 0 Å². The van der Waals surface area contributed by atoms with Gasteiger partial charge in [0.05, 0.1) is 0 Å². The summed E-state index contributed by atoms with van der Waals surface area (Å²) in [7, 11) is 0. The van der Waals surface area contributed by atoms with Gasteiger partial charge in [-0.1, -0.05) is 60.7 Å². The largest absolute Gasteiger partial charge is 0.457 e. The molecule has 4 N–H and O–H groups in total. The van der Waals surface area contributed by atoms with Gasteiger partial charge >= 0.3 is 24.2 Å². The second kappa shape index (κ2) is 9.02. The molecule has 0 saturated heterocycles. The highest BCUT2D eigenvalue weighted by Crippen LogP contribution is 2.61. The van der Waals surface area contributed by atoms with E-state index >= 15 is 8.78 Å². The molecule has 3 rings (SSSR count). The smallest absolute Gasteiger partial charge is 0.398 e. The molecule has 0 heterocycles. The van der Waals surface area contributed by atoms with Gasteiger partial charge in [-0.2, -0.15) is 43.9 Å². The van der Waals surface area contributed by atoms with Gasteiger partial charge in [0.25, 0.3) is 0 Å². The molecule has 3 aromatic rings. The van der Waals surface area contributed by atoms with Crippen LogP contribution in [0.2, 0.25) is 0 Å². The molecule has 14 heteroatoms. The summed E-state index contributed by atoms with van der Waals surface area (Å²) in [5.41, 5.74) is -9.49. The Hall–Kier alpha value is -3.58. The number of hydrogen-bond acceptors (Lipinski definition) is 2. The summed E-state index contributed by atoms with van der Waals surface area (Å²) in [6, 6.07) is 6.75. The Labute approximate surface area is 206 Å². The van der Waals surface area contributed by atoms with Crippen LogP contribution in [-0.4, -0.2) is 24.2 Å². The lowest BCUT2D eigenvalue weighted by Crippen LogP contribution is -2.57. The Balaban J connectivity index is 2.60. The standard InChI is InChI=1S/C24H16F12N2/c25-19(21(27,28)23(31,32)33,15-9-3-5-11-17(15)37)13-7-1-2-8-14(13)20(26,22(29,30)24(34,35)36)16-10-4-6-12-18(16)38/h1-12H,37-38H2. The molecule has 0 aliphatic heterocycles. The lowest BCUT2D eigenvalue weighted by atomic mass is 9.72. The zero-order chi connectivity index (χ0) is 28.9. The van der Waals surface area contributed by atoms with Crippen molar-refractivity contribution in [2.24, 2.45) is 0 Å². The molecular formula is C24H16F12N2. The Morgan fingerprint density at radius 2 is 0.605 bits per heavy atom. The molecule has 2 nitrogen and oxygen atoms in total. The minimum atomic E-state index is -6.76. The van der Waals surface area contributed by atoms with E-state index in [1.165, 1.54) is 0 Å². The highest BCUT2D eigenvalue weighted by atomic mass is 19.4. The monoisotopic (exact) mass is 560 g/mol. The van der Waals surface area contributed by atoms with Crippen LogP contribution in [0.3, 0.4) is 0 Å². The van der Waals surface area contributed by atoms with Crippen molar-refractivity contribution in [1.82, 2.24) is 0 Å². The third-order valence-corrected chi connectivity index (χ3v) is 5.91. The number of para-hydroxylation sites is 2. The Kier molecular flexibility index (Phi) is 6.88. The minimum absolute atomic E-state index is 0.0430. The molecule has 0 fully saturated rings. The predicted octanol–water partition coefficient (Wildman–Crippen LogP) is 7.67. The van der Waals surface area contributed by atoms with Gasteiger partial charge in [-0.05, 0) is 12.1 Å². The van der Waals surface area contributed by atoms with E-state index in [1.54, 1.807) is 0 Å². The maximum Gasteiger partial charge on any atom is 0.457 e. The number of nitrogen functional groups attached to an aromatic ring is 2. The summed E-state index contributed by atoms with van der Waals surface area (Å²) in [6.45, 7) is 0. The van der Waals surface area contributed by atoms with E-state index < -0.39 is 69.2 Å². The molecule has 0 radical (unpaired) electrons. The molecule has 0 aromatic heterocycles. The topological polar surface area (TPSA) is 52.0 Å². The normalized spacial score (nSPS) is 16.5. The van der Waals surface area contributed by atoms with E-state index in [9.17, 15) is 43.9 Å². The number of halogens is 12. The van der Waals surface area contributed by atoms with Gasteiger partial charge in [0.15, 0.2) is 0 Å². The summed E-state index contributed by atoms with van der Waals surface area (Å²) in [4.78, 5) is 0. The van der Waals surface area contributed by atoms with Gasteiger partial charge in [-0.15, -0.1) is 0 Å². The van der Waals surface area contributed by atoms with Crippen molar-refractivity contribution >= 4 is 11.4 Å². The molecule has 0 bridgehead atoms. The fourth-order valence-electron chi connectivity index (χ4n) is 4.06. The van der Waals surface area contributed by atoms with Crippen molar-refractivity contribution in [2.45, 2.75) is 35.5 Å². The highest BCUT2D eigenvalue weighted by Gasteiger charge is 2.77. The van der Waals surface area contributed by atoms with Crippen molar-refractivity contribution in [3.05, 3.63) is 95.1 Å². The minimum Gasteiger partial charge on any atom is -0.398 e. The van der Waals surface area contributed by atoms with Crippen LogP contribution in [0.4, 0.5) is 64.1 Å². The maximum absolute atomic E-state index is 16.6. The van der Waals surface area contributed by atoms with Crippen molar-refractivity contribution in [3.63, 3.8) is 0 Å². The molecule has 0 saturated carbocycles. The summed E-state index contributed by atoms with van der Waals surface area (Å²) in [5.74, 6) is -13.1. The fraction of sp³-hybridized carbons (Fsp3) is 0.250. The van der Waals surface area contributed by atoms with E-state index in [4.69, 9.17) is 11.5 Å².